The van der Waals surface area contributed by atoms with Crippen molar-refractivity contribution in [2.75, 3.05) is 16.4 Å². The van der Waals surface area contributed by atoms with Crippen molar-refractivity contribution < 1.29 is 14.0 Å². The number of halogens is 1. The molecule has 2 N–H and O–H groups in total. The van der Waals surface area contributed by atoms with Crippen LogP contribution in [-0.2, 0) is 4.79 Å². The SMILES string of the molecule is CC1=C(C(=O)Nc2ccccc2)[C@@H](c2ccccc2F)n2nc(SCC(=O)c3ccc(C)cc3)nc2N1. The smallest absolute Gasteiger partial charge is 0.255 e. The molecule has 1 aliphatic heterocycles. The van der Waals surface area contributed by atoms with Gasteiger partial charge in [0.05, 0.1) is 11.3 Å². The van der Waals surface area contributed by atoms with Gasteiger partial charge < -0.3 is 10.6 Å². The van der Waals surface area contributed by atoms with Crippen LogP contribution in [0.5, 0.6) is 0 Å². The van der Waals surface area contributed by atoms with Gasteiger partial charge in [0.2, 0.25) is 11.1 Å². The minimum Gasteiger partial charge on any atom is -0.328 e. The van der Waals surface area contributed by atoms with Crippen LogP contribution in [0.4, 0.5) is 16.0 Å². The summed E-state index contributed by atoms with van der Waals surface area (Å²) in [6.07, 6.45) is 0. The van der Waals surface area contributed by atoms with E-state index >= 15 is 4.39 Å². The zero-order valence-corrected chi connectivity index (χ0v) is 21.1. The van der Waals surface area contributed by atoms with Gasteiger partial charge in [0.1, 0.15) is 11.9 Å². The van der Waals surface area contributed by atoms with E-state index in [2.05, 4.69) is 20.7 Å². The predicted octanol–water partition coefficient (Wildman–Crippen LogP) is 5.63. The molecule has 9 heteroatoms. The van der Waals surface area contributed by atoms with Crippen molar-refractivity contribution in [2.45, 2.75) is 25.0 Å². The van der Waals surface area contributed by atoms with Gasteiger partial charge in [-0.15, -0.1) is 5.10 Å². The lowest BCUT2D eigenvalue weighted by Crippen LogP contribution is -2.32. The van der Waals surface area contributed by atoms with Gasteiger partial charge in [-0.05, 0) is 32.0 Å². The molecular weight excluding hydrogens is 489 g/mol. The summed E-state index contributed by atoms with van der Waals surface area (Å²) < 4.78 is 16.6. The summed E-state index contributed by atoms with van der Waals surface area (Å²) in [5.41, 5.74) is 3.46. The van der Waals surface area contributed by atoms with Crippen LogP contribution in [0.1, 0.15) is 34.5 Å². The molecule has 4 aromatic rings. The fraction of sp³-hybridized carbons (Fsp3) is 0.143. The Bertz CT molecular complexity index is 1500. The number of aromatic nitrogens is 3. The number of para-hydroxylation sites is 1. The first kappa shape index (κ1) is 24.5. The number of thioether (sulfide) groups is 1. The van der Waals surface area contributed by atoms with Crippen molar-refractivity contribution in [3.63, 3.8) is 0 Å². The van der Waals surface area contributed by atoms with Gasteiger partial charge in [0.25, 0.3) is 5.91 Å². The second-order valence-electron chi connectivity index (χ2n) is 8.65. The maximum atomic E-state index is 15.0. The molecule has 0 unspecified atom stereocenters. The number of Topliss-reactive ketones (excluding diaryl/α,β-unsaturated/α-hetero) is 1. The highest BCUT2D eigenvalue weighted by Crippen LogP contribution is 2.37. The maximum absolute atomic E-state index is 15.0. The number of rotatable bonds is 7. The molecule has 1 aromatic heterocycles. The zero-order valence-electron chi connectivity index (χ0n) is 20.2. The van der Waals surface area contributed by atoms with Gasteiger partial charge in [-0.25, -0.2) is 9.07 Å². The Balaban J connectivity index is 1.46. The molecule has 1 amide bonds. The number of nitrogens with zero attached hydrogens (tertiary/aromatic N) is 3. The third kappa shape index (κ3) is 5.17. The molecule has 0 saturated heterocycles. The fourth-order valence-corrected chi connectivity index (χ4v) is 4.87. The number of amides is 1. The number of aryl methyl sites for hydroxylation is 1. The Labute approximate surface area is 217 Å². The van der Waals surface area contributed by atoms with Gasteiger partial charge in [0.15, 0.2) is 5.78 Å². The Morgan fingerprint density at radius 3 is 2.43 bits per heavy atom. The minimum absolute atomic E-state index is 0.0476. The van der Waals surface area contributed by atoms with Gasteiger partial charge in [-0.2, -0.15) is 4.98 Å². The molecule has 186 valence electrons. The third-order valence-corrected chi connectivity index (χ3v) is 6.85. The van der Waals surface area contributed by atoms with Crippen LogP contribution in [0.25, 0.3) is 0 Å². The van der Waals surface area contributed by atoms with Crippen LogP contribution in [0, 0.1) is 12.7 Å². The van der Waals surface area contributed by atoms with Gasteiger partial charge in [0, 0.05) is 22.5 Å². The first-order valence-electron chi connectivity index (χ1n) is 11.7. The quantitative estimate of drug-likeness (QED) is 0.246. The van der Waals surface area contributed by atoms with E-state index in [1.807, 2.05) is 37.3 Å². The van der Waals surface area contributed by atoms with Crippen LogP contribution in [0.3, 0.4) is 0 Å². The van der Waals surface area contributed by atoms with Gasteiger partial charge >= 0.3 is 0 Å². The first-order valence-corrected chi connectivity index (χ1v) is 12.7. The molecule has 0 aliphatic carbocycles. The molecule has 37 heavy (non-hydrogen) atoms. The van der Waals surface area contributed by atoms with Crippen LogP contribution in [0.2, 0.25) is 0 Å². The number of hydrogen-bond acceptors (Lipinski definition) is 6. The fourth-order valence-electron chi connectivity index (χ4n) is 4.14. The Kier molecular flexibility index (Phi) is 6.87. The minimum atomic E-state index is -0.851. The third-order valence-electron chi connectivity index (χ3n) is 6.02. The lowest BCUT2D eigenvalue weighted by molar-refractivity contribution is -0.113. The van der Waals surface area contributed by atoms with Gasteiger partial charge in [-0.3, -0.25) is 9.59 Å². The van der Waals surface area contributed by atoms with Crippen LogP contribution in [0.15, 0.2) is 95.3 Å². The van der Waals surface area contributed by atoms with Crippen molar-refractivity contribution >= 4 is 35.1 Å². The summed E-state index contributed by atoms with van der Waals surface area (Å²) in [6.45, 7) is 3.71. The summed E-state index contributed by atoms with van der Waals surface area (Å²) in [5, 5.41) is 10.9. The molecule has 7 nitrogen and oxygen atoms in total. The van der Waals surface area contributed by atoms with Gasteiger partial charge in [-0.1, -0.05) is 78.0 Å². The molecule has 0 saturated carbocycles. The molecule has 0 radical (unpaired) electrons. The number of fused-ring (bicyclic) bond motifs is 1. The molecule has 3 aromatic carbocycles. The number of anilines is 2. The van der Waals surface area contributed by atoms with E-state index in [4.69, 9.17) is 0 Å². The first-order chi connectivity index (χ1) is 17.9. The number of benzene rings is 3. The van der Waals surface area contributed by atoms with E-state index in [1.54, 1.807) is 49.4 Å². The van der Waals surface area contributed by atoms with Crippen molar-refractivity contribution in [1.82, 2.24) is 14.8 Å². The number of ketones is 1. The largest absolute Gasteiger partial charge is 0.328 e. The number of carbonyl (C=O) groups excluding carboxylic acids is 2. The molecular formula is C28H24FN5O2S. The molecule has 2 heterocycles. The highest BCUT2D eigenvalue weighted by molar-refractivity contribution is 7.99. The van der Waals surface area contributed by atoms with E-state index in [1.165, 1.54) is 22.5 Å². The highest BCUT2D eigenvalue weighted by Gasteiger charge is 2.35. The normalized spacial score (nSPS) is 14.6. The predicted molar refractivity (Wildman–Crippen MR) is 142 cm³/mol. The van der Waals surface area contributed by atoms with E-state index < -0.39 is 11.9 Å². The second kappa shape index (κ2) is 10.4. The topological polar surface area (TPSA) is 88.9 Å². The number of hydrogen-bond donors (Lipinski definition) is 2. The highest BCUT2D eigenvalue weighted by atomic mass is 32.2. The number of nitrogens with one attached hydrogen (secondary N) is 2. The molecule has 1 atom stereocenters. The maximum Gasteiger partial charge on any atom is 0.255 e. The Hall–Kier alpha value is -4.24. The Morgan fingerprint density at radius 1 is 1.00 bits per heavy atom. The van der Waals surface area contributed by atoms with Crippen molar-refractivity contribution in [2.24, 2.45) is 0 Å². The Morgan fingerprint density at radius 2 is 1.70 bits per heavy atom. The summed E-state index contributed by atoms with van der Waals surface area (Å²) in [5.74, 6) is -0.377. The van der Waals surface area contributed by atoms with Crippen molar-refractivity contribution in [1.29, 1.82) is 0 Å². The summed E-state index contributed by atoms with van der Waals surface area (Å²) in [7, 11) is 0. The molecule has 5 rings (SSSR count). The average molecular weight is 514 g/mol. The summed E-state index contributed by atoms with van der Waals surface area (Å²) in [6, 6.07) is 21.9. The lowest BCUT2D eigenvalue weighted by Gasteiger charge is -2.28. The summed E-state index contributed by atoms with van der Waals surface area (Å²) in [4.78, 5) is 30.6. The van der Waals surface area contributed by atoms with Crippen molar-refractivity contribution in [3.8, 4) is 0 Å². The molecule has 0 bridgehead atoms. The van der Waals surface area contributed by atoms with Crippen LogP contribution >= 0.6 is 11.8 Å². The molecule has 0 fully saturated rings. The van der Waals surface area contributed by atoms with Crippen molar-refractivity contribution in [3.05, 3.63) is 113 Å². The van der Waals surface area contributed by atoms with Crippen LogP contribution < -0.4 is 10.6 Å². The monoisotopic (exact) mass is 513 g/mol. The van der Waals surface area contributed by atoms with E-state index in [-0.39, 0.29) is 17.4 Å². The summed E-state index contributed by atoms with van der Waals surface area (Å²) >= 11 is 1.19. The van der Waals surface area contributed by atoms with E-state index in [0.717, 1.165) is 5.56 Å². The van der Waals surface area contributed by atoms with E-state index in [0.29, 0.717) is 39.2 Å². The van der Waals surface area contributed by atoms with E-state index in [9.17, 15) is 9.59 Å². The average Bonchev–Trinajstić information content (AvgIpc) is 3.30. The lowest BCUT2D eigenvalue weighted by atomic mass is 9.94. The second-order valence-corrected chi connectivity index (χ2v) is 9.59. The van der Waals surface area contributed by atoms with Crippen LogP contribution in [-0.4, -0.2) is 32.2 Å². The molecule has 1 aliphatic rings. The molecule has 0 spiro atoms. The number of allylic oxidation sites excluding steroid dienone is 1. The zero-order chi connectivity index (χ0) is 25.9. The standard InChI is InChI=1S/C28H24FN5O2S/c1-17-12-14-19(15-13-17)23(35)16-37-28-32-27-30-18(2)24(26(36)31-20-8-4-3-5-9-20)25(34(27)33-28)21-10-6-7-11-22(21)29/h3-15,25H,16H2,1-2H3,(H,31,36)(H,30,32,33)/t25-/m1/s1. The number of carbonyl (C=O) groups is 2.